The van der Waals surface area contributed by atoms with E-state index in [2.05, 4.69) is 19.5 Å². The molecule has 0 amide bonds. The van der Waals surface area contributed by atoms with Crippen LogP contribution in [-0.2, 0) is 13.8 Å². The van der Waals surface area contributed by atoms with E-state index in [1.54, 1.807) is 0 Å². The molecule has 11 nitrogen and oxygen atoms in total. The molecule has 0 spiro atoms. The summed E-state index contributed by atoms with van der Waals surface area (Å²) < 4.78 is 22.0. The number of rotatable bonds is 4. The molecule has 2 aromatic rings. The molecule has 1 saturated heterocycles. The number of nitrogens with two attached hydrogens (primary N) is 1. The quantitative estimate of drug-likeness (QED) is 0.480. The second-order valence-corrected chi connectivity index (χ2v) is 5.53. The van der Waals surface area contributed by atoms with Gasteiger partial charge in [-0.15, -0.1) is 0 Å². The van der Waals surface area contributed by atoms with E-state index in [1.807, 2.05) is 0 Å². The lowest BCUT2D eigenvalue weighted by Crippen LogP contribution is -2.33. The molecule has 5 atom stereocenters. The number of hydrogen-bond donors (Lipinski definition) is 4. The van der Waals surface area contributed by atoms with Crippen LogP contribution in [0, 0.1) is 0 Å². The Kier molecular flexibility index (Phi) is 4.08. The van der Waals surface area contributed by atoms with Gasteiger partial charge in [0.15, 0.2) is 17.7 Å². The fraction of sp³-hybridized carbons (Fsp3) is 0.500. The number of ether oxygens (including phenoxy) is 1. The second kappa shape index (κ2) is 5.88. The first-order valence-corrected chi connectivity index (χ1v) is 7.55. The highest BCUT2D eigenvalue weighted by atomic mass is 31.1. The summed E-state index contributed by atoms with van der Waals surface area (Å²) in [4.78, 5) is 20.5. The number of nitrogens with zero attached hydrogens (tertiary/aromatic N) is 4. The van der Waals surface area contributed by atoms with E-state index >= 15 is 0 Å². The number of aliphatic hydroxyl groups is 2. The first kappa shape index (κ1) is 15.3. The predicted molar refractivity (Wildman–Crippen MR) is 72.8 cm³/mol. The van der Waals surface area contributed by atoms with Crippen molar-refractivity contribution in [2.45, 2.75) is 24.5 Å². The van der Waals surface area contributed by atoms with E-state index in [0.717, 1.165) is 0 Å². The third-order valence-electron chi connectivity index (χ3n) is 3.37. The molecule has 0 aliphatic carbocycles. The molecule has 0 radical (unpaired) electrons. The van der Waals surface area contributed by atoms with Gasteiger partial charge in [-0.05, 0) is 0 Å². The lowest BCUT2D eigenvalue weighted by molar-refractivity contribution is -0.0476. The van der Waals surface area contributed by atoms with Gasteiger partial charge in [0.2, 0.25) is 0 Å². The van der Waals surface area contributed by atoms with Crippen molar-refractivity contribution in [1.82, 2.24) is 19.5 Å². The minimum absolute atomic E-state index is 0.176. The van der Waals surface area contributed by atoms with Crippen molar-refractivity contribution < 1.29 is 28.9 Å². The molecule has 2 aromatic heterocycles. The molecule has 12 heteroatoms. The van der Waals surface area contributed by atoms with Crippen LogP contribution in [0.1, 0.15) is 6.23 Å². The van der Waals surface area contributed by atoms with Crippen molar-refractivity contribution in [3.8, 4) is 0 Å². The number of fused-ring (bicyclic) bond motifs is 1. The Hall–Kier alpha value is -1.62. The highest BCUT2D eigenvalue weighted by molar-refractivity contribution is 7.32. The molecule has 0 saturated carbocycles. The Balaban J connectivity index is 1.87. The fourth-order valence-electron chi connectivity index (χ4n) is 2.31. The summed E-state index contributed by atoms with van der Waals surface area (Å²) in [6.45, 7) is -0.327. The molecule has 3 unspecified atom stereocenters. The van der Waals surface area contributed by atoms with Crippen LogP contribution < -0.4 is 5.73 Å². The van der Waals surface area contributed by atoms with Crippen LogP contribution in [0.15, 0.2) is 12.7 Å². The summed E-state index contributed by atoms with van der Waals surface area (Å²) in [5.41, 5.74) is 6.35. The van der Waals surface area contributed by atoms with E-state index < -0.39 is 32.8 Å². The van der Waals surface area contributed by atoms with Gasteiger partial charge < -0.3 is 30.1 Å². The third kappa shape index (κ3) is 2.58. The zero-order valence-electron chi connectivity index (χ0n) is 11.1. The van der Waals surface area contributed by atoms with Crippen molar-refractivity contribution in [2.24, 2.45) is 0 Å². The second-order valence-electron chi connectivity index (χ2n) is 4.71. The van der Waals surface area contributed by atoms with Crippen LogP contribution in [0.2, 0.25) is 0 Å². The van der Waals surface area contributed by atoms with Gasteiger partial charge in [-0.25, -0.2) is 15.0 Å². The number of hydrogen-bond acceptors (Lipinski definition) is 9. The highest BCUT2D eigenvalue weighted by Gasteiger charge is 2.44. The van der Waals surface area contributed by atoms with Gasteiger partial charge in [-0.3, -0.25) is 9.13 Å². The lowest BCUT2D eigenvalue weighted by Gasteiger charge is -2.16. The molecule has 120 valence electrons. The first-order chi connectivity index (χ1) is 10.5. The van der Waals surface area contributed by atoms with E-state index in [1.165, 1.54) is 17.2 Å². The molecule has 0 aromatic carbocycles. The normalized spacial score (nSPS) is 30.0. The predicted octanol–water partition coefficient (Wildman–Crippen LogP) is -1.57. The van der Waals surface area contributed by atoms with E-state index in [4.69, 9.17) is 15.4 Å². The molecule has 1 fully saturated rings. The van der Waals surface area contributed by atoms with Crippen LogP contribution in [0.25, 0.3) is 11.2 Å². The molecule has 1 aliphatic heterocycles. The summed E-state index contributed by atoms with van der Waals surface area (Å²) in [5.74, 6) is 0.176. The van der Waals surface area contributed by atoms with Gasteiger partial charge in [0, 0.05) is 0 Å². The number of anilines is 1. The average molecular weight is 331 g/mol. The maximum absolute atomic E-state index is 10.6. The minimum atomic E-state index is -3.15. The van der Waals surface area contributed by atoms with Gasteiger partial charge in [-0.1, -0.05) is 0 Å². The standard InChI is InChI=1S/C10H14N5O6P/c11-8-5-9(13-2-12-8)15(3-14-5)10-7(17)6(16)4(21-10)1-20-22(18)19/h2-4,6-7,10,16-17,22H,1H2,(H,18,19)(H2,11,12,13)/t4-,6?,7?,10-/m0/s1. The first-order valence-electron chi connectivity index (χ1n) is 6.29. The largest absolute Gasteiger partial charge is 0.387 e. The zero-order chi connectivity index (χ0) is 15.9. The van der Waals surface area contributed by atoms with Gasteiger partial charge in [-0.2, -0.15) is 0 Å². The maximum atomic E-state index is 10.6. The van der Waals surface area contributed by atoms with Crippen LogP contribution in [0.5, 0.6) is 0 Å². The topological polar surface area (TPSA) is 166 Å². The molecular formula is C10H14N5O6P. The van der Waals surface area contributed by atoms with Crippen LogP contribution in [0.3, 0.4) is 0 Å². The van der Waals surface area contributed by atoms with Crippen molar-refractivity contribution in [2.75, 3.05) is 12.3 Å². The van der Waals surface area contributed by atoms with Gasteiger partial charge in [0.25, 0.3) is 0 Å². The van der Waals surface area contributed by atoms with Crippen molar-refractivity contribution >= 4 is 25.2 Å². The number of nitrogen functional groups attached to an aromatic ring is 1. The van der Waals surface area contributed by atoms with E-state index in [9.17, 15) is 14.8 Å². The van der Waals surface area contributed by atoms with Gasteiger partial charge >= 0.3 is 8.25 Å². The summed E-state index contributed by atoms with van der Waals surface area (Å²) in [6.07, 6.45) is -1.92. The minimum Gasteiger partial charge on any atom is -0.387 e. The molecular weight excluding hydrogens is 317 g/mol. The summed E-state index contributed by atoms with van der Waals surface area (Å²) >= 11 is 0. The molecule has 0 bridgehead atoms. The van der Waals surface area contributed by atoms with Crippen molar-refractivity contribution in [3.63, 3.8) is 0 Å². The molecule has 5 N–H and O–H groups in total. The monoisotopic (exact) mass is 331 g/mol. The SMILES string of the molecule is Nc1ncnc2c1ncn2[C@H]1O[C@@H](CO[PH](=O)O)C(O)C1O. The van der Waals surface area contributed by atoms with Crippen molar-refractivity contribution in [1.29, 1.82) is 0 Å². The highest BCUT2D eigenvalue weighted by Crippen LogP contribution is 2.33. The number of imidazole rings is 1. The number of aromatic nitrogens is 4. The van der Waals surface area contributed by atoms with Crippen LogP contribution in [0.4, 0.5) is 5.82 Å². The van der Waals surface area contributed by atoms with Gasteiger partial charge in [0.1, 0.15) is 30.2 Å². The lowest BCUT2D eigenvalue weighted by atomic mass is 10.1. The molecule has 3 heterocycles. The summed E-state index contributed by atoms with van der Waals surface area (Å²) in [5, 5.41) is 20.1. The molecule has 1 aliphatic rings. The Bertz CT molecular complexity index is 710. The fourth-order valence-corrected chi connectivity index (χ4v) is 2.61. The number of aliphatic hydroxyl groups excluding tert-OH is 2. The summed E-state index contributed by atoms with van der Waals surface area (Å²) in [7, 11) is -3.15. The van der Waals surface area contributed by atoms with Gasteiger partial charge in [0.05, 0.1) is 12.9 Å². The van der Waals surface area contributed by atoms with Crippen LogP contribution >= 0.6 is 8.25 Å². The Morgan fingerprint density at radius 3 is 2.86 bits per heavy atom. The Morgan fingerprint density at radius 1 is 1.36 bits per heavy atom. The van der Waals surface area contributed by atoms with Crippen molar-refractivity contribution in [3.05, 3.63) is 12.7 Å². The van der Waals surface area contributed by atoms with Crippen LogP contribution in [-0.4, -0.2) is 59.5 Å². The average Bonchev–Trinajstić information content (AvgIpc) is 3.01. The molecule has 3 rings (SSSR count). The smallest absolute Gasteiger partial charge is 0.316 e. The Labute approximate surface area is 124 Å². The van der Waals surface area contributed by atoms with E-state index in [0.29, 0.717) is 11.2 Å². The summed E-state index contributed by atoms with van der Waals surface area (Å²) in [6, 6.07) is 0. The molecule has 22 heavy (non-hydrogen) atoms. The Morgan fingerprint density at radius 2 is 2.14 bits per heavy atom. The zero-order valence-corrected chi connectivity index (χ0v) is 12.1. The van der Waals surface area contributed by atoms with E-state index in [-0.39, 0.29) is 12.4 Å². The third-order valence-corrected chi connectivity index (χ3v) is 3.78. The maximum Gasteiger partial charge on any atom is 0.316 e.